The molecule has 2 aromatic rings. The van der Waals surface area contributed by atoms with Crippen LogP contribution >= 0.6 is 11.3 Å². The molecule has 1 amide bonds. The van der Waals surface area contributed by atoms with E-state index >= 15 is 0 Å². The van der Waals surface area contributed by atoms with Gasteiger partial charge in [-0.3, -0.25) is 4.79 Å². The van der Waals surface area contributed by atoms with Gasteiger partial charge in [-0.1, -0.05) is 5.16 Å². The normalized spacial score (nSPS) is 21.0. The van der Waals surface area contributed by atoms with Gasteiger partial charge in [-0.15, -0.1) is 0 Å². The Bertz CT molecular complexity index is 737. The van der Waals surface area contributed by atoms with Gasteiger partial charge >= 0.3 is 0 Å². The molecule has 1 unspecified atom stereocenters. The fourth-order valence-corrected chi connectivity index (χ4v) is 4.82. The zero-order valence-corrected chi connectivity index (χ0v) is 16.1. The van der Waals surface area contributed by atoms with Gasteiger partial charge in [-0.25, -0.2) is 0 Å². The molecule has 1 aliphatic heterocycles. The number of nitrogens with one attached hydrogen (secondary N) is 1. The smallest absolute Gasteiger partial charge is 0.226 e. The highest BCUT2D eigenvalue weighted by Crippen LogP contribution is 2.56. The van der Waals surface area contributed by atoms with Crippen molar-refractivity contribution in [3.05, 3.63) is 34.1 Å². The molecule has 7 heteroatoms. The summed E-state index contributed by atoms with van der Waals surface area (Å²) < 4.78 is 5.15. The lowest BCUT2D eigenvalue weighted by Gasteiger charge is -2.29. The quantitative estimate of drug-likeness (QED) is 0.807. The summed E-state index contributed by atoms with van der Waals surface area (Å²) in [6.45, 7) is 4.70. The molecular formula is C19H26N4O2S. The number of rotatable bonds is 7. The minimum absolute atomic E-state index is 0.257. The van der Waals surface area contributed by atoms with Crippen molar-refractivity contribution in [3.63, 3.8) is 0 Å². The van der Waals surface area contributed by atoms with E-state index in [0.29, 0.717) is 36.0 Å². The maximum Gasteiger partial charge on any atom is 0.226 e. The Morgan fingerprint density at radius 2 is 2.31 bits per heavy atom. The molecule has 1 saturated heterocycles. The monoisotopic (exact) mass is 374 g/mol. The predicted molar refractivity (Wildman–Crippen MR) is 99.8 cm³/mol. The number of carbonyl (C=O) groups excluding carboxylic acids is 1. The first kappa shape index (κ1) is 17.7. The Labute approximate surface area is 158 Å². The zero-order chi connectivity index (χ0) is 18.0. The molecule has 0 bridgehead atoms. The van der Waals surface area contributed by atoms with Gasteiger partial charge in [0.25, 0.3) is 0 Å². The van der Waals surface area contributed by atoms with Crippen molar-refractivity contribution in [3.8, 4) is 0 Å². The van der Waals surface area contributed by atoms with Crippen molar-refractivity contribution in [2.45, 2.75) is 58.0 Å². The van der Waals surface area contributed by atoms with Gasteiger partial charge in [0.1, 0.15) is 0 Å². The number of carbonyl (C=O) groups is 1. The third kappa shape index (κ3) is 3.83. The fourth-order valence-electron chi connectivity index (χ4n) is 4.16. The first-order chi connectivity index (χ1) is 12.7. The molecule has 140 valence electrons. The van der Waals surface area contributed by atoms with Crippen molar-refractivity contribution in [1.29, 1.82) is 0 Å². The van der Waals surface area contributed by atoms with Crippen molar-refractivity contribution >= 4 is 17.2 Å². The number of aromatic nitrogens is 2. The lowest BCUT2D eigenvalue weighted by Crippen LogP contribution is -2.39. The van der Waals surface area contributed by atoms with E-state index in [1.54, 1.807) is 11.3 Å². The third-order valence-electron chi connectivity index (χ3n) is 5.73. The van der Waals surface area contributed by atoms with Gasteiger partial charge in [0.15, 0.2) is 5.82 Å². The number of amides is 1. The highest BCUT2D eigenvalue weighted by atomic mass is 32.1. The Kier molecular flexibility index (Phi) is 5.09. The van der Waals surface area contributed by atoms with Crippen LogP contribution in [-0.2, 0) is 17.8 Å². The lowest BCUT2D eigenvalue weighted by molar-refractivity contribution is -0.133. The Morgan fingerprint density at radius 3 is 3.00 bits per heavy atom. The average molecular weight is 375 g/mol. The van der Waals surface area contributed by atoms with Gasteiger partial charge in [0.2, 0.25) is 11.8 Å². The van der Waals surface area contributed by atoms with Crippen LogP contribution in [-0.4, -0.2) is 40.1 Å². The summed E-state index contributed by atoms with van der Waals surface area (Å²) in [5, 5.41) is 11.5. The van der Waals surface area contributed by atoms with Crippen LogP contribution in [0.25, 0.3) is 0 Å². The molecular weight excluding hydrogens is 348 g/mol. The summed E-state index contributed by atoms with van der Waals surface area (Å²) in [6.07, 6.45) is 5.49. The minimum Gasteiger partial charge on any atom is -0.339 e. The van der Waals surface area contributed by atoms with Gasteiger partial charge in [-0.05, 0) is 73.5 Å². The number of aryl methyl sites for hydroxylation is 2. The molecule has 2 aromatic heterocycles. The molecule has 26 heavy (non-hydrogen) atoms. The maximum absolute atomic E-state index is 13.0. The lowest BCUT2D eigenvalue weighted by atomic mass is 9.93. The third-order valence-corrected chi connectivity index (χ3v) is 6.46. The molecule has 0 radical (unpaired) electrons. The number of hydrogen-bond donors (Lipinski definition) is 1. The molecule has 1 N–H and O–H groups in total. The summed E-state index contributed by atoms with van der Waals surface area (Å²) in [5.41, 5.74) is 1.60. The molecule has 3 heterocycles. The molecule has 2 fully saturated rings. The van der Waals surface area contributed by atoms with Crippen LogP contribution in [0.4, 0.5) is 0 Å². The topological polar surface area (TPSA) is 71.3 Å². The van der Waals surface area contributed by atoms with Crippen LogP contribution in [0.15, 0.2) is 21.3 Å². The maximum atomic E-state index is 13.0. The van der Waals surface area contributed by atoms with Gasteiger partial charge in [-0.2, -0.15) is 16.3 Å². The van der Waals surface area contributed by atoms with E-state index in [9.17, 15) is 4.79 Å². The summed E-state index contributed by atoms with van der Waals surface area (Å²) >= 11 is 1.69. The number of hydrogen-bond acceptors (Lipinski definition) is 6. The highest BCUT2D eigenvalue weighted by Gasteiger charge is 2.57. The van der Waals surface area contributed by atoms with Crippen LogP contribution in [0, 0.1) is 12.3 Å². The Balaban J connectivity index is 1.38. The van der Waals surface area contributed by atoms with E-state index in [2.05, 4.69) is 37.2 Å². The second-order valence-electron chi connectivity index (χ2n) is 7.57. The van der Waals surface area contributed by atoms with Crippen LogP contribution in [0.1, 0.15) is 49.4 Å². The Morgan fingerprint density at radius 1 is 1.46 bits per heavy atom. The van der Waals surface area contributed by atoms with E-state index in [1.807, 2.05) is 6.92 Å². The summed E-state index contributed by atoms with van der Waals surface area (Å²) in [7, 11) is 0. The standard InChI is InChI=1S/C19H26N4O2S/c1-14-21-17(25-22-14)3-2-4-18(24)23(12-15-5-10-26-13-15)16-11-19(16)6-8-20-9-7-19/h5,10,13,16,20H,2-4,6-9,11-12H2,1H3. The highest BCUT2D eigenvalue weighted by molar-refractivity contribution is 7.07. The molecule has 6 nitrogen and oxygen atoms in total. The van der Waals surface area contributed by atoms with E-state index in [0.717, 1.165) is 32.5 Å². The minimum atomic E-state index is 0.257. The van der Waals surface area contributed by atoms with Gasteiger partial charge in [0.05, 0.1) is 0 Å². The van der Waals surface area contributed by atoms with Gasteiger partial charge in [0, 0.05) is 25.4 Å². The summed E-state index contributed by atoms with van der Waals surface area (Å²) in [4.78, 5) is 19.4. The van der Waals surface area contributed by atoms with E-state index in [-0.39, 0.29) is 5.91 Å². The van der Waals surface area contributed by atoms with E-state index < -0.39 is 0 Å². The molecule has 2 aliphatic rings. The average Bonchev–Trinajstić information content (AvgIpc) is 3.01. The van der Waals surface area contributed by atoms with Gasteiger partial charge < -0.3 is 14.7 Å². The number of nitrogens with zero attached hydrogens (tertiary/aromatic N) is 3. The molecule has 4 rings (SSSR count). The molecule has 1 atom stereocenters. The Hall–Kier alpha value is -1.73. The zero-order valence-electron chi connectivity index (χ0n) is 15.2. The number of thiophene rings is 1. The van der Waals surface area contributed by atoms with Crippen molar-refractivity contribution in [2.24, 2.45) is 5.41 Å². The van der Waals surface area contributed by atoms with Crippen molar-refractivity contribution in [1.82, 2.24) is 20.4 Å². The number of piperidine rings is 1. The second-order valence-corrected chi connectivity index (χ2v) is 8.35. The van der Waals surface area contributed by atoms with Crippen molar-refractivity contribution in [2.75, 3.05) is 13.1 Å². The summed E-state index contributed by atoms with van der Waals surface area (Å²) in [6, 6.07) is 2.53. The van der Waals surface area contributed by atoms with E-state index in [4.69, 9.17) is 4.52 Å². The van der Waals surface area contributed by atoms with Crippen LogP contribution in [0.2, 0.25) is 0 Å². The first-order valence-electron chi connectivity index (χ1n) is 9.47. The van der Waals surface area contributed by atoms with Crippen molar-refractivity contribution < 1.29 is 9.32 Å². The van der Waals surface area contributed by atoms with E-state index in [1.165, 1.54) is 18.4 Å². The molecule has 0 aromatic carbocycles. The van der Waals surface area contributed by atoms with Crippen LogP contribution < -0.4 is 5.32 Å². The van der Waals surface area contributed by atoms with Crippen LogP contribution in [0.5, 0.6) is 0 Å². The predicted octanol–water partition coefficient (Wildman–Crippen LogP) is 2.93. The molecule has 1 aliphatic carbocycles. The second kappa shape index (κ2) is 7.48. The molecule has 1 saturated carbocycles. The fraction of sp³-hybridized carbons (Fsp3) is 0.632. The van der Waals surface area contributed by atoms with Crippen LogP contribution in [0.3, 0.4) is 0 Å². The summed E-state index contributed by atoms with van der Waals surface area (Å²) in [5.74, 6) is 1.53. The molecule has 1 spiro atoms. The largest absolute Gasteiger partial charge is 0.339 e. The first-order valence-corrected chi connectivity index (χ1v) is 10.4. The SMILES string of the molecule is Cc1noc(CCCC(=O)N(Cc2ccsc2)C2CC23CCNCC3)n1.